The Morgan fingerprint density at radius 1 is 0.950 bits per heavy atom. The molecule has 1 aromatic rings. The molecular weight excluding hydrogens is 262 g/mol. The van der Waals surface area contributed by atoms with E-state index in [-0.39, 0.29) is 22.4 Å². The first-order valence-electron chi connectivity index (χ1n) is 5.76. The lowest BCUT2D eigenvalue weighted by molar-refractivity contribution is -0.111. The molecule has 0 radical (unpaired) electrons. The normalized spacial score (nSPS) is 9.95. The molecule has 1 rings (SSSR count). The van der Waals surface area contributed by atoms with Gasteiger partial charge in [-0.05, 0) is 43.5 Å². The summed E-state index contributed by atoms with van der Waals surface area (Å²) in [5, 5.41) is 20.9. The maximum absolute atomic E-state index is 11.4. The molecule has 0 spiro atoms. The second-order valence-corrected chi connectivity index (χ2v) is 4.30. The van der Waals surface area contributed by atoms with Crippen LogP contribution in [-0.2, 0) is 4.79 Å². The molecule has 0 aromatic heterocycles. The number of amides is 1. The molecule has 0 aliphatic carbocycles. The number of rotatable bonds is 4. The molecule has 1 aromatic carbocycles. The second kappa shape index (κ2) is 5.56. The molecule has 0 saturated carbocycles. The highest BCUT2D eigenvalue weighted by atomic mass is 16.4. The fourth-order valence-corrected chi connectivity index (χ4v) is 2.22. The quantitative estimate of drug-likeness (QED) is 0.731. The lowest BCUT2D eigenvalue weighted by atomic mass is 9.91. The monoisotopic (exact) mass is 277 g/mol. The SMILES string of the molecule is C=CC(=O)Nc1c(C)c(C(=O)O)c(C)c(C(=O)O)c1C. The van der Waals surface area contributed by atoms with Crippen LogP contribution in [0.25, 0.3) is 0 Å². The molecule has 0 bridgehead atoms. The number of carbonyl (C=O) groups is 3. The number of anilines is 1. The van der Waals surface area contributed by atoms with Crippen LogP contribution in [0, 0.1) is 20.8 Å². The Hall–Kier alpha value is -2.63. The van der Waals surface area contributed by atoms with Gasteiger partial charge in [-0.3, -0.25) is 4.79 Å². The Bertz CT molecular complexity index is 590. The van der Waals surface area contributed by atoms with Crippen LogP contribution in [0.2, 0.25) is 0 Å². The highest BCUT2D eigenvalue weighted by Gasteiger charge is 2.24. The van der Waals surface area contributed by atoms with Gasteiger partial charge < -0.3 is 15.5 Å². The van der Waals surface area contributed by atoms with Crippen LogP contribution < -0.4 is 5.32 Å². The summed E-state index contributed by atoms with van der Waals surface area (Å²) in [4.78, 5) is 34.0. The third kappa shape index (κ3) is 2.54. The number of carboxylic acids is 2. The molecule has 0 aliphatic rings. The van der Waals surface area contributed by atoms with Gasteiger partial charge in [-0.1, -0.05) is 6.58 Å². The van der Waals surface area contributed by atoms with Crippen LogP contribution in [0.5, 0.6) is 0 Å². The molecule has 106 valence electrons. The van der Waals surface area contributed by atoms with Gasteiger partial charge in [0.2, 0.25) is 5.91 Å². The average Bonchev–Trinajstić information content (AvgIpc) is 2.33. The van der Waals surface area contributed by atoms with Crippen molar-refractivity contribution < 1.29 is 24.6 Å². The van der Waals surface area contributed by atoms with Gasteiger partial charge in [-0.15, -0.1) is 0 Å². The zero-order chi connectivity index (χ0) is 15.6. The fourth-order valence-electron chi connectivity index (χ4n) is 2.22. The smallest absolute Gasteiger partial charge is 0.336 e. The Morgan fingerprint density at radius 2 is 1.35 bits per heavy atom. The van der Waals surface area contributed by atoms with Crippen molar-refractivity contribution in [3.8, 4) is 0 Å². The number of aromatic carboxylic acids is 2. The summed E-state index contributed by atoms with van der Waals surface area (Å²) in [7, 11) is 0. The van der Waals surface area contributed by atoms with Crippen LogP contribution in [0.3, 0.4) is 0 Å². The van der Waals surface area contributed by atoms with Gasteiger partial charge in [-0.2, -0.15) is 0 Å². The molecule has 0 heterocycles. The Kier molecular flexibility index (Phi) is 4.29. The van der Waals surface area contributed by atoms with Gasteiger partial charge in [0.05, 0.1) is 11.1 Å². The molecule has 6 heteroatoms. The molecule has 0 fully saturated rings. The zero-order valence-electron chi connectivity index (χ0n) is 11.4. The van der Waals surface area contributed by atoms with E-state index in [9.17, 15) is 24.6 Å². The topological polar surface area (TPSA) is 104 Å². The molecule has 0 saturated heterocycles. The Labute approximate surface area is 115 Å². The van der Waals surface area contributed by atoms with Crippen LogP contribution in [0.4, 0.5) is 5.69 Å². The van der Waals surface area contributed by atoms with E-state index in [0.717, 1.165) is 6.08 Å². The molecule has 20 heavy (non-hydrogen) atoms. The summed E-state index contributed by atoms with van der Waals surface area (Å²) in [6, 6.07) is 0. The number of nitrogens with one attached hydrogen (secondary N) is 1. The maximum atomic E-state index is 11.4. The highest BCUT2D eigenvalue weighted by Crippen LogP contribution is 2.31. The van der Waals surface area contributed by atoms with Gasteiger partial charge in [0.25, 0.3) is 0 Å². The summed E-state index contributed by atoms with van der Waals surface area (Å²) in [5.74, 6) is -3.01. The van der Waals surface area contributed by atoms with Crippen LogP contribution in [0.1, 0.15) is 37.4 Å². The van der Waals surface area contributed by atoms with Crippen molar-refractivity contribution in [1.29, 1.82) is 0 Å². The standard InChI is InChI=1S/C14H15NO5/c1-5-9(16)15-12-7(3)10(13(17)18)6(2)11(8(12)4)14(19)20/h5H,1H2,2-4H3,(H,15,16)(H,17,18)(H,19,20). The molecule has 1 amide bonds. The van der Waals surface area contributed by atoms with E-state index in [0.29, 0.717) is 11.1 Å². The summed E-state index contributed by atoms with van der Waals surface area (Å²) in [6.45, 7) is 7.78. The van der Waals surface area contributed by atoms with E-state index in [1.807, 2.05) is 0 Å². The highest BCUT2D eigenvalue weighted by molar-refractivity contribution is 6.06. The van der Waals surface area contributed by atoms with Crippen molar-refractivity contribution in [2.45, 2.75) is 20.8 Å². The average molecular weight is 277 g/mol. The fraction of sp³-hybridized carbons (Fsp3) is 0.214. The summed E-state index contributed by atoms with van der Waals surface area (Å²) < 4.78 is 0. The number of carboxylic acid groups (broad SMARTS) is 2. The van der Waals surface area contributed by atoms with Crippen molar-refractivity contribution in [3.63, 3.8) is 0 Å². The third-order valence-electron chi connectivity index (χ3n) is 3.11. The summed E-state index contributed by atoms with van der Waals surface area (Å²) in [6.07, 6.45) is 1.03. The first-order valence-corrected chi connectivity index (χ1v) is 5.76. The number of benzene rings is 1. The minimum Gasteiger partial charge on any atom is -0.478 e. The predicted octanol–water partition coefficient (Wildman–Crippen LogP) is 2.13. The molecule has 0 aliphatic heterocycles. The van der Waals surface area contributed by atoms with Gasteiger partial charge >= 0.3 is 11.9 Å². The number of carbonyl (C=O) groups excluding carboxylic acids is 1. The van der Waals surface area contributed by atoms with E-state index in [2.05, 4.69) is 11.9 Å². The van der Waals surface area contributed by atoms with Gasteiger partial charge in [0.15, 0.2) is 0 Å². The maximum Gasteiger partial charge on any atom is 0.336 e. The van der Waals surface area contributed by atoms with E-state index < -0.39 is 17.8 Å². The summed E-state index contributed by atoms with van der Waals surface area (Å²) >= 11 is 0. The number of hydrogen-bond acceptors (Lipinski definition) is 3. The molecule has 3 N–H and O–H groups in total. The van der Waals surface area contributed by atoms with E-state index >= 15 is 0 Å². The largest absolute Gasteiger partial charge is 0.478 e. The Balaban J connectivity index is 3.75. The molecule has 0 atom stereocenters. The molecular formula is C14H15NO5. The van der Waals surface area contributed by atoms with Crippen LogP contribution in [0.15, 0.2) is 12.7 Å². The summed E-state index contributed by atoms with van der Waals surface area (Å²) in [5.41, 5.74) is 0.743. The van der Waals surface area contributed by atoms with E-state index in [1.54, 1.807) is 0 Å². The van der Waals surface area contributed by atoms with Crippen LogP contribution in [-0.4, -0.2) is 28.1 Å². The van der Waals surface area contributed by atoms with Gasteiger partial charge in [0, 0.05) is 5.69 Å². The van der Waals surface area contributed by atoms with Crippen molar-refractivity contribution >= 4 is 23.5 Å². The third-order valence-corrected chi connectivity index (χ3v) is 3.11. The van der Waals surface area contributed by atoms with Crippen molar-refractivity contribution in [2.75, 3.05) is 5.32 Å². The lowest BCUT2D eigenvalue weighted by Crippen LogP contribution is -2.17. The molecule has 0 unspecified atom stereocenters. The van der Waals surface area contributed by atoms with Gasteiger partial charge in [0.1, 0.15) is 0 Å². The minimum atomic E-state index is -1.24. The number of hydrogen-bond donors (Lipinski definition) is 3. The minimum absolute atomic E-state index is 0.118. The molecule has 6 nitrogen and oxygen atoms in total. The van der Waals surface area contributed by atoms with Gasteiger partial charge in [-0.25, -0.2) is 9.59 Å². The van der Waals surface area contributed by atoms with E-state index in [1.165, 1.54) is 20.8 Å². The first kappa shape index (κ1) is 15.4. The van der Waals surface area contributed by atoms with Crippen molar-refractivity contribution in [2.24, 2.45) is 0 Å². The van der Waals surface area contributed by atoms with Crippen molar-refractivity contribution in [3.05, 3.63) is 40.5 Å². The lowest BCUT2D eigenvalue weighted by Gasteiger charge is -2.18. The van der Waals surface area contributed by atoms with Crippen LogP contribution >= 0.6 is 0 Å². The first-order chi connectivity index (χ1) is 9.22. The zero-order valence-corrected chi connectivity index (χ0v) is 11.4. The van der Waals surface area contributed by atoms with E-state index in [4.69, 9.17) is 0 Å². The van der Waals surface area contributed by atoms with Crippen molar-refractivity contribution in [1.82, 2.24) is 0 Å². The second-order valence-electron chi connectivity index (χ2n) is 4.30. The predicted molar refractivity (Wildman–Crippen MR) is 73.4 cm³/mol. The Morgan fingerprint density at radius 3 is 1.65 bits per heavy atom.